The van der Waals surface area contributed by atoms with Gasteiger partial charge in [-0.05, 0) is 74.8 Å². The largest absolute Gasteiger partial charge is 0.341 e. The van der Waals surface area contributed by atoms with Gasteiger partial charge in [0.25, 0.3) is 0 Å². The summed E-state index contributed by atoms with van der Waals surface area (Å²) < 4.78 is 26.4. The molecule has 1 atom stereocenters. The second-order valence-electron chi connectivity index (χ2n) is 8.46. The topological polar surface area (TPSA) is 57.7 Å². The van der Waals surface area contributed by atoms with E-state index in [2.05, 4.69) is 24.3 Å². The number of benzene rings is 2. The van der Waals surface area contributed by atoms with Gasteiger partial charge in [-0.2, -0.15) is 0 Å². The molecular formula is C24H32N2O3S. The molecule has 3 rings (SSSR count). The standard InChI is InChI=1S/C24H32N2O3S/c1-18-10-11-23(16-19(18)2)26(30(4,28)29)20(3)24(27)25-14-12-22(13-15-25)17-21-8-6-5-7-9-21/h5-11,16,20,22H,12-15,17H2,1-4H3/t20-/m0/s1. The van der Waals surface area contributed by atoms with E-state index in [1.54, 1.807) is 13.0 Å². The van der Waals surface area contributed by atoms with E-state index < -0.39 is 16.1 Å². The van der Waals surface area contributed by atoms with E-state index in [0.717, 1.165) is 36.6 Å². The van der Waals surface area contributed by atoms with Crippen molar-refractivity contribution in [1.29, 1.82) is 0 Å². The Morgan fingerprint density at radius 1 is 1.07 bits per heavy atom. The molecule has 0 radical (unpaired) electrons. The van der Waals surface area contributed by atoms with Crippen molar-refractivity contribution in [1.82, 2.24) is 4.90 Å². The van der Waals surface area contributed by atoms with Gasteiger partial charge in [0.1, 0.15) is 6.04 Å². The van der Waals surface area contributed by atoms with Gasteiger partial charge in [-0.3, -0.25) is 9.10 Å². The van der Waals surface area contributed by atoms with Crippen LogP contribution in [-0.2, 0) is 21.2 Å². The Morgan fingerprint density at radius 2 is 1.70 bits per heavy atom. The zero-order valence-electron chi connectivity index (χ0n) is 18.3. The molecule has 0 aliphatic carbocycles. The van der Waals surface area contributed by atoms with E-state index in [1.807, 2.05) is 36.9 Å². The van der Waals surface area contributed by atoms with E-state index in [9.17, 15) is 13.2 Å². The van der Waals surface area contributed by atoms with Crippen LogP contribution in [-0.4, -0.2) is 44.6 Å². The van der Waals surface area contributed by atoms with Crippen molar-refractivity contribution in [3.05, 3.63) is 65.2 Å². The van der Waals surface area contributed by atoms with E-state index >= 15 is 0 Å². The first-order chi connectivity index (χ1) is 14.2. The SMILES string of the molecule is Cc1ccc(N([C@@H](C)C(=O)N2CCC(Cc3ccccc3)CC2)S(C)(=O)=O)cc1C. The van der Waals surface area contributed by atoms with Crippen molar-refractivity contribution in [3.63, 3.8) is 0 Å². The Balaban J connectivity index is 1.69. The van der Waals surface area contributed by atoms with Gasteiger partial charge in [0.05, 0.1) is 11.9 Å². The number of carbonyl (C=O) groups excluding carboxylic acids is 1. The van der Waals surface area contributed by atoms with Crippen LogP contribution in [0.3, 0.4) is 0 Å². The monoisotopic (exact) mass is 428 g/mol. The molecule has 1 heterocycles. The second kappa shape index (κ2) is 9.21. The molecule has 30 heavy (non-hydrogen) atoms. The van der Waals surface area contributed by atoms with Crippen LogP contribution in [0, 0.1) is 19.8 Å². The summed E-state index contributed by atoms with van der Waals surface area (Å²) in [4.78, 5) is 15.0. The number of hydrogen-bond acceptors (Lipinski definition) is 3. The molecule has 6 heteroatoms. The van der Waals surface area contributed by atoms with Gasteiger partial charge in [-0.15, -0.1) is 0 Å². The Hall–Kier alpha value is -2.34. The maximum absolute atomic E-state index is 13.2. The fourth-order valence-corrected chi connectivity index (χ4v) is 5.40. The third-order valence-electron chi connectivity index (χ3n) is 6.10. The van der Waals surface area contributed by atoms with Gasteiger partial charge in [0.2, 0.25) is 15.9 Å². The van der Waals surface area contributed by atoms with Crippen LogP contribution in [0.15, 0.2) is 48.5 Å². The normalized spacial score (nSPS) is 16.3. The maximum Gasteiger partial charge on any atom is 0.246 e. The lowest BCUT2D eigenvalue weighted by Gasteiger charge is -2.36. The van der Waals surface area contributed by atoms with Crippen LogP contribution in [0.2, 0.25) is 0 Å². The number of piperidine rings is 1. The van der Waals surface area contributed by atoms with Crippen LogP contribution < -0.4 is 4.31 Å². The van der Waals surface area contributed by atoms with Crippen molar-refractivity contribution in [2.45, 2.75) is 46.1 Å². The molecule has 1 amide bonds. The fraction of sp³-hybridized carbons (Fsp3) is 0.458. The summed E-state index contributed by atoms with van der Waals surface area (Å²) in [5.41, 5.74) is 3.96. The molecule has 162 valence electrons. The van der Waals surface area contributed by atoms with E-state index in [0.29, 0.717) is 24.7 Å². The zero-order chi connectivity index (χ0) is 21.9. The lowest BCUT2D eigenvalue weighted by molar-refractivity contribution is -0.133. The van der Waals surface area contributed by atoms with Crippen molar-refractivity contribution in [2.75, 3.05) is 23.7 Å². The molecule has 2 aromatic carbocycles. The minimum atomic E-state index is -3.60. The number of anilines is 1. The molecule has 1 saturated heterocycles. The zero-order valence-corrected chi connectivity index (χ0v) is 19.2. The van der Waals surface area contributed by atoms with Crippen molar-refractivity contribution < 1.29 is 13.2 Å². The second-order valence-corrected chi connectivity index (χ2v) is 10.3. The predicted octanol–water partition coefficient (Wildman–Crippen LogP) is 3.94. The molecule has 5 nitrogen and oxygen atoms in total. The molecule has 0 aromatic heterocycles. The number of nitrogens with zero attached hydrogens (tertiary/aromatic N) is 2. The molecule has 0 bridgehead atoms. The van der Waals surface area contributed by atoms with Gasteiger partial charge >= 0.3 is 0 Å². The van der Waals surface area contributed by atoms with Crippen LogP contribution in [0.4, 0.5) is 5.69 Å². The van der Waals surface area contributed by atoms with Crippen molar-refractivity contribution in [3.8, 4) is 0 Å². The number of rotatable bonds is 6. The van der Waals surface area contributed by atoms with Crippen LogP contribution >= 0.6 is 0 Å². The molecule has 2 aromatic rings. The number of amides is 1. The predicted molar refractivity (Wildman–Crippen MR) is 122 cm³/mol. The van der Waals surface area contributed by atoms with Crippen LogP contribution in [0.1, 0.15) is 36.5 Å². The fourth-order valence-electron chi connectivity index (χ4n) is 4.23. The lowest BCUT2D eigenvalue weighted by Crippen LogP contribution is -2.51. The van der Waals surface area contributed by atoms with E-state index in [4.69, 9.17) is 0 Å². The number of hydrogen-bond donors (Lipinski definition) is 0. The first-order valence-corrected chi connectivity index (χ1v) is 12.4. The van der Waals surface area contributed by atoms with E-state index in [-0.39, 0.29) is 5.91 Å². The summed E-state index contributed by atoms with van der Waals surface area (Å²) in [6.07, 6.45) is 4.07. The lowest BCUT2D eigenvalue weighted by atomic mass is 9.90. The number of carbonyl (C=O) groups is 1. The Morgan fingerprint density at radius 3 is 2.27 bits per heavy atom. The highest BCUT2D eigenvalue weighted by Gasteiger charge is 2.33. The molecule has 1 fully saturated rings. The molecule has 1 aliphatic rings. The molecule has 0 spiro atoms. The average Bonchev–Trinajstić information content (AvgIpc) is 2.70. The smallest absolute Gasteiger partial charge is 0.246 e. The summed E-state index contributed by atoms with van der Waals surface area (Å²) >= 11 is 0. The minimum Gasteiger partial charge on any atom is -0.341 e. The van der Waals surface area contributed by atoms with Crippen molar-refractivity contribution in [2.24, 2.45) is 5.92 Å². The Kier molecular flexibility index (Phi) is 6.86. The molecule has 1 aliphatic heterocycles. The third kappa shape index (κ3) is 5.22. The summed E-state index contributed by atoms with van der Waals surface area (Å²) in [5.74, 6) is 0.425. The van der Waals surface area contributed by atoms with Crippen LogP contribution in [0.25, 0.3) is 0 Å². The van der Waals surface area contributed by atoms with Gasteiger partial charge in [-0.1, -0.05) is 36.4 Å². The number of sulfonamides is 1. The summed E-state index contributed by atoms with van der Waals surface area (Å²) in [6, 6.07) is 15.2. The summed E-state index contributed by atoms with van der Waals surface area (Å²) in [6.45, 7) is 6.96. The molecule has 0 N–H and O–H groups in total. The minimum absolute atomic E-state index is 0.128. The molecule has 0 saturated carbocycles. The highest BCUT2D eigenvalue weighted by Crippen LogP contribution is 2.26. The maximum atomic E-state index is 13.2. The summed E-state index contributed by atoms with van der Waals surface area (Å²) in [7, 11) is -3.60. The first kappa shape index (κ1) is 22.3. The van der Waals surface area contributed by atoms with E-state index in [1.165, 1.54) is 9.87 Å². The number of aryl methyl sites for hydroxylation is 2. The third-order valence-corrected chi connectivity index (χ3v) is 7.35. The Bertz CT molecular complexity index is 981. The van der Waals surface area contributed by atoms with Gasteiger partial charge in [-0.25, -0.2) is 8.42 Å². The first-order valence-electron chi connectivity index (χ1n) is 10.6. The highest BCUT2D eigenvalue weighted by atomic mass is 32.2. The highest BCUT2D eigenvalue weighted by molar-refractivity contribution is 7.92. The van der Waals surface area contributed by atoms with Crippen LogP contribution in [0.5, 0.6) is 0 Å². The number of likely N-dealkylation sites (tertiary alicyclic amines) is 1. The summed E-state index contributed by atoms with van der Waals surface area (Å²) in [5, 5.41) is 0. The quantitative estimate of drug-likeness (QED) is 0.700. The van der Waals surface area contributed by atoms with Gasteiger partial charge in [0.15, 0.2) is 0 Å². The average molecular weight is 429 g/mol. The van der Waals surface area contributed by atoms with Crippen molar-refractivity contribution >= 4 is 21.6 Å². The molecule has 0 unspecified atom stereocenters. The Labute approximate surface area is 180 Å². The molecular weight excluding hydrogens is 396 g/mol. The van der Waals surface area contributed by atoms with Gasteiger partial charge in [0, 0.05) is 13.1 Å². The van der Waals surface area contributed by atoms with Gasteiger partial charge < -0.3 is 4.90 Å².